The molecular formula is C12H16FNO3. The Morgan fingerprint density at radius 1 is 1.47 bits per heavy atom. The molecule has 17 heavy (non-hydrogen) atoms. The van der Waals surface area contributed by atoms with E-state index >= 15 is 0 Å². The molecule has 0 aliphatic rings. The average molecular weight is 241 g/mol. The van der Waals surface area contributed by atoms with Gasteiger partial charge in [0.2, 0.25) is 0 Å². The minimum atomic E-state index is -0.354. The van der Waals surface area contributed by atoms with Gasteiger partial charge in [-0.25, -0.2) is 4.39 Å². The van der Waals surface area contributed by atoms with Gasteiger partial charge in [-0.05, 0) is 30.7 Å². The Labute approximate surface area is 99.4 Å². The fraction of sp³-hybridized carbons (Fsp3) is 0.417. The van der Waals surface area contributed by atoms with Crippen LogP contribution in [0.3, 0.4) is 0 Å². The van der Waals surface area contributed by atoms with Gasteiger partial charge in [-0.15, -0.1) is 0 Å². The van der Waals surface area contributed by atoms with Crippen LogP contribution in [-0.4, -0.2) is 30.3 Å². The molecule has 1 atom stereocenters. The Hall–Kier alpha value is -1.62. The summed E-state index contributed by atoms with van der Waals surface area (Å²) in [6, 6.07) is 5.17. The van der Waals surface area contributed by atoms with Crippen LogP contribution in [-0.2, 0) is 4.79 Å². The van der Waals surface area contributed by atoms with E-state index in [9.17, 15) is 9.18 Å². The third-order valence-corrected chi connectivity index (χ3v) is 2.26. The molecule has 0 radical (unpaired) electrons. The maximum Gasteiger partial charge on any atom is 0.258 e. The van der Waals surface area contributed by atoms with Crippen LogP contribution in [0.4, 0.5) is 4.39 Å². The van der Waals surface area contributed by atoms with Gasteiger partial charge < -0.3 is 15.2 Å². The predicted molar refractivity (Wildman–Crippen MR) is 61.2 cm³/mol. The highest BCUT2D eigenvalue weighted by Gasteiger charge is 2.09. The summed E-state index contributed by atoms with van der Waals surface area (Å²) in [6.07, 6.45) is 0.652. The van der Waals surface area contributed by atoms with Crippen LogP contribution in [0.1, 0.15) is 13.3 Å². The van der Waals surface area contributed by atoms with Crippen LogP contribution >= 0.6 is 0 Å². The molecule has 4 nitrogen and oxygen atoms in total. The average Bonchev–Trinajstić information content (AvgIpc) is 2.35. The normalized spacial score (nSPS) is 11.9. The molecule has 0 bridgehead atoms. The van der Waals surface area contributed by atoms with E-state index in [1.54, 1.807) is 0 Å². The number of amides is 1. The fourth-order valence-electron chi connectivity index (χ4n) is 1.23. The van der Waals surface area contributed by atoms with E-state index in [0.29, 0.717) is 12.2 Å². The highest BCUT2D eigenvalue weighted by Crippen LogP contribution is 2.10. The van der Waals surface area contributed by atoms with Crippen molar-refractivity contribution in [2.45, 2.75) is 19.4 Å². The van der Waals surface area contributed by atoms with Gasteiger partial charge in [0.1, 0.15) is 11.6 Å². The minimum Gasteiger partial charge on any atom is -0.484 e. The monoisotopic (exact) mass is 241 g/mol. The summed E-state index contributed by atoms with van der Waals surface area (Å²) in [5.41, 5.74) is 0. The van der Waals surface area contributed by atoms with Crippen molar-refractivity contribution in [3.05, 3.63) is 30.1 Å². The molecule has 0 saturated heterocycles. The summed E-state index contributed by atoms with van der Waals surface area (Å²) < 4.78 is 17.7. The van der Waals surface area contributed by atoms with Crippen molar-refractivity contribution in [1.29, 1.82) is 0 Å². The summed E-state index contributed by atoms with van der Waals surface area (Å²) in [5.74, 6) is -0.234. The van der Waals surface area contributed by atoms with Crippen LogP contribution in [0.15, 0.2) is 24.3 Å². The lowest BCUT2D eigenvalue weighted by atomic mass is 10.2. The first-order chi connectivity index (χ1) is 8.15. The van der Waals surface area contributed by atoms with E-state index in [0.717, 1.165) is 0 Å². The molecule has 0 spiro atoms. The maximum atomic E-state index is 12.6. The van der Waals surface area contributed by atoms with Gasteiger partial charge >= 0.3 is 0 Å². The third-order valence-electron chi connectivity index (χ3n) is 2.26. The largest absolute Gasteiger partial charge is 0.484 e. The van der Waals surface area contributed by atoms with Crippen LogP contribution in [0, 0.1) is 5.82 Å². The lowest BCUT2D eigenvalue weighted by Crippen LogP contribution is -2.39. The number of halogens is 1. The van der Waals surface area contributed by atoms with E-state index in [-0.39, 0.29) is 31.0 Å². The predicted octanol–water partition coefficient (Wildman–Crippen LogP) is 1.09. The second kappa shape index (κ2) is 6.85. The molecule has 0 fully saturated rings. The van der Waals surface area contributed by atoms with Gasteiger partial charge in [0.05, 0.1) is 12.6 Å². The summed E-state index contributed by atoms with van der Waals surface area (Å²) in [6.45, 7) is 1.61. The Bertz CT molecular complexity index is 349. The lowest BCUT2D eigenvalue weighted by molar-refractivity contribution is -0.124. The molecule has 5 heteroatoms. The van der Waals surface area contributed by atoms with Gasteiger partial charge in [0.25, 0.3) is 5.91 Å². The highest BCUT2D eigenvalue weighted by molar-refractivity contribution is 5.77. The van der Waals surface area contributed by atoms with Crippen LogP contribution in [0.2, 0.25) is 0 Å². The number of benzene rings is 1. The number of aliphatic hydroxyl groups is 1. The van der Waals surface area contributed by atoms with Gasteiger partial charge in [-0.3, -0.25) is 4.79 Å². The maximum absolute atomic E-state index is 12.6. The molecule has 1 aromatic carbocycles. The fourth-order valence-corrected chi connectivity index (χ4v) is 1.23. The number of ether oxygens (including phenoxy) is 1. The molecule has 0 aliphatic carbocycles. The van der Waals surface area contributed by atoms with Gasteiger partial charge in [0.15, 0.2) is 6.61 Å². The van der Waals surface area contributed by atoms with Crippen molar-refractivity contribution < 1.29 is 19.0 Å². The number of carbonyl (C=O) groups is 1. The number of rotatable bonds is 6. The molecule has 1 amide bonds. The van der Waals surface area contributed by atoms with E-state index in [4.69, 9.17) is 9.84 Å². The first kappa shape index (κ1) is 13.4. The van der Waals surface area contributed by atoms with Crippen molar-refractivity contribution in [2.75, 3.05) is 13.2 Å². The standard InChI is InChI=1S/C12H16FNO3/c1-2-10(7-15)14-12(16)8-17-11-5-3-9(13)4-6-11/h3-6,10,15H,2,7-8H2,1H3,(H,14,16)/t10-/m0/s1. The van der Waals surface area contributed by atoms with E-state index < -0.39 is 0 Å². The Kier molecular flexibility index (Phi) is 5.42. The molecule has 94 valence electrons. The van der Waals surface area contributed by atoms with Gasteiger partial charge in [-0.2, -0.15) is 0 Å². The van der Waals surface area contributed by atoms with Gasteiger partial charge in [0, 0.05) is 0 Å². The molecular weight excluding hydrogens is 225 g/mol. The number of hydrogen-bond donors (Lipinski definition) is 2. The van der Waals surface area contributed by atoms with Gasteiger partial charge in [-0.1, -0.05) is 6.92 Å². The Morgan fingerprint density at radius 3 is 2.65 bits per heavy atom. The molecule has 0 saturated carbocycles. The minimum absolute atomic E-state index is 0.0984. The summed E-state index contributed by atoms with van der Waals surface area (Å²) in [4.78, 5) is 11.4. The molecule has 1 aromatic rings. The summed E-state index contributed by atoms with van der Waals surface area (Å²) in [7, 11) is 0. The lowest BCUT2D eigenvalue weighted by Gasteiger charge is -2.14. The van der Waals surface area contributed by atoms with E-state index in [2.05, 4.69) is 5.32 Å². The zero-order valence-corrected chi connectivity index (χ0v) is 9.65. The summed E-state index contributed by atoms with van der Waals surface area (Å²) >= 11 is 0. The molecule has 0 unspecified atom stereocenters. The Morgan fingerprint density at radius 2 is 2.12 bits per heavy atom. The first-order valence-corrected chi connectivity index (χ1v) is 5.44. The SMILES string of the molecule is CC[C@@H](CO)NC(=O)COc1ccc(F)cc1. The second-order valence-electron chi connectivity index (χ2n) is 3.60. The molecule has 0 aliphatic heterocycles. The Balaban J connectivity index is 2.35. The van der Waals surface area contributed by atoms with Crippen molar-refractivity contribution >= 4 is 5.91 Å². The molecule has 2 N–H and O–H groups in total. The number of aliphatic hydroxyl groups excluding tert-OH is 1. The smallest absolute Gasteiger partial charge is 0.258 e. The van der Waals surface area contributed by atoms with Crippen molar-refractivity contribution in [3.8, 4) is 5.75 Å². The zero-order chi connectivity index (χ0) is 12.7. The van der Waals surface area contributed by atoms with E-state index in [1.807, 2.05) is 6.92 Å². The van der Waals surface area contributed by atoms with Crippen molar-refractivity contribution in [2.24, 2.45) is 0 Å². The number of nitrogens with one attached hydrogen (secondary N) is 1. The van der Waals surface area contributed by atoms with Crippen LogP contribution in [0.25, 0.3) is 0 Å². The van der Waals surface area contributed by atoms with Crippen LogP contribution < -0.4 is 10.1 Å². The molecule has 0 aromatic heterocycles. The number of hydrogen-bond acceptors (Lipinski definition) is 3. The van der Waals surface area contributed by atoms with Crippen molar-refractivity contribution in [1.82, 2.24) is 5.32 Å². The number of carbonyl (C=O) groups excluding carboxylic acids is 1. The zero-order valence-electron chi connectivity index (χ0n) is 9.65. The molecule has 1 rings (SSSR count). The van der Waals surface area contributed by atoms with Crippen molar-refractivity contribution in [3.63, 3.8) is 0 Å². The summed E-state index contributed by atoms with van der Waals surface area (Å²) in [5, 5.41) is 11.5. The quantitative estimate of drug-likeness (QED) is 0.784. The topological polar surface area (TPSA) is 58.6 Å². The van der Waals surface area contributed by atoms with Crippen LogP contribution in [0.5, 0.6) is 5.75 Å². The molecule has 0 heterocycles. The van der Waals surface area contributed by atoms with E-state index in [1.165, 1.54) is 24.3 Å². The second-order valence-corrected chi connectivity index (χ2v) is 3.60. The highest BCUT2D eigenvalue weighted by atomic mass is 19.1. The third kappa shape index (κ3) is 4.82. The first-order valence-electron chi connectivity index (χ1n) is 5.44.